The average Bonchev–Trinajstić information content (AvgIpc) is 3.20. The quantitative estimate of drug-likeness (QED) is 0.423. The van der Waals surface area contributed by atoms with Crippen molar-refractivity contribution in [2.45, 2.75) is 6.04 Å². The van der Waals surface area contributed by atoms with Crippen molar-refractivity contribution in [2.75, 3.05) is 0 Å². The molecule has 0 aliphatic rings. The molecular formula is C14H7BrN4O6. The van der Waals surface area contributed by atoms with Crippen molar-refractivity contribution in [3.63, 3.8) is 0 Å². The van der Waals surface area contributed by atoms with E-state index in [9.17, 15) is 20.0 Å². The van der Waals surface area contributed by atoms with Gasteiger partial charge in [-0.2, -0.15) is 5.26 Å². The Kier molecular flexibility index (Phi) is 3.99. The molecule has 25 heavy (non-hydrogen) atoms. The van der Waals surface area contributed by atoms with Crippen LogP contribution in [0.4, 0.5) is 0 Å². The number of hydrogen-bond donors (Lipinski definition) is 3. The van der Waals surface area contributed by atoms with Crippen molar-refractivity contribution >= 4 is 38.7 Å². The lowest BCUT2D eigenvalue weighted by Gasteiger charge is -2.07. The first-order valence-electron chi connectivity index (χ1n) is 6.56. The topological polar surface area (TPSA) is 176 Å². The van der Waals surface area contributed by atoms with Crippen LogP contribution in [0.2, 0.25) is 0 Å². The third-order valence-corrected chi connectivity index (χ3v) is 3.71. The number of fused-ring (bicyclic) bond motifs is 1. The summed E-state index contributed by atoms with van der Waals surface area (Å²) in [6.07, 6.45) is 0. The molecule has 0 fully saturated rings. The van der Waals surface area contributed by atoms with E-state index in [0.29, 0.717) is 4.67 Å². The second kappa shape index (κ2) is 6.00. The second-order valence-electron chi connectivity index (χ2n) is 4.79. The van der Waals surface area contributed by atoms with Crippen molar-refractivity contribution in [2.24, 2.45) is 5.73 Å². The fourth-order valence-electron chi connectivity index (χ4n) is 2.12. The molecule has 0 bridgehead atoms. The Bertz CT molecular complexity index is 1060. The number of nitriles is 1. The number of hydrogen-bond acceptors (Lipinski definition) is 9. The number of pyridine rings is 1. The molecule has 0 saturated heterocycles. The highest BCUT2D eigenvalue weighted by atomic mass is 79.9. The van der Waals surface area contributed by atoms with Gasteiger partial charge in [0.05, 0.1) is 5.39 Å². The number of aromatic hydroxyl groups is 1. The van der Waals surface area contributed by atoms with E-state index in [4.69, 9.17) is 19.8 Å². The molecule has 3 aromatic heterocycles. The van der Waals surface area contributed by atoms with Crippen LogP contribution in [0.15, 0.2) is 25.7 Å². The van der Waals surface area contributed by atoms with E-state index in [1.54, 1.807) is 18.2 Å². The molecule has 11 heteroatoms. The number of halogens is 1. The van der Waals surface area contributed by atoms with E-state index < -0.39 is 29.2 Å². The smallest absolute Gasteiger partial charge is 0.328 e. The summed E-state index contributed by atoms with van der Waals surface area (Å²) in [6, 6.07) is 2.92. The number of furan rings is 1. The van der Waals surface area contributed by atoms with Gasteiger partial charge in [0.15, 0.2) is 39.3 Å². The summed E-state index contributed by atoms with van der Waals surface area (Å²) in [4.78, 5) is 26.7. The molecule has 0 saturated carbocycles. The average molecular weight is 407 g/mol. The van der Waals surface area contributed by atoms with Crippen LogP contribution in [0.5, 0.6) is 5.75 Å². The Hall–Kier alpha value is -3.23. The molecule has 3 heterocycles. The summed E-state index contributed by atoms with van der Waals surface area (Å²) in [5, 5.41) is 32.1. The molecule has 0 aromatic carbocycles. The van der Waals surface area contributed by atoms with E-state index in [1.807, 2.05) is 0 Å². The van der Waals surface area contributed by atoms with Gasteiger partial charge in [-0.15, -0.1) is 0 Å². The lowest BCUT2D eigenvalue weighted by Crippen LogP contribution is -2.39. The molecule has 3 rings (SSSR count). The first-order chi connectivity index (χ1) is 11.8. The third kappa shape index (κ3) is 2.63. The summed E-state index contributed by atoms with van der Waals surface area (Å²) >= 11 is 3.12. The number of carbonyl (C=O) groups is 2. The van der Waals surface area contributed by atoms with Gasteiger partial charge in [-0.3, -0.25) is 9.59 Å². The van der Waals surface area contributed by atoms with Gasteiger partial charge in [0.2, 0.25) is 11.4 Å². The van der Waals surface area contributed by atoms with Crippen LogP contribution in [-0.4, -0.2) is 38.1 Å². The molecular weight excluding hydrogens is 400 g/mol. The zero-order valence-electron chi connectivity index (χ0n) is 12.1. The molecule has 0 radical (unpaired) electrons. The number of nitrogens with zero attached hydrogens (tertiary/aromatic N) is 3. The van der Waals surface area contributed by atoms with Crippen LogP contribution in [0, 0.1) is 11.3 Å². The number of carboxylic acid groups (broad SMARTS) is 1. The maximum atomic E-state index is 12.1. The minimum absolute atomic E-state index is 0.0160. The molecule has 3 aromatic rings. The molecule has 0 aliphatic carbocycles. The highest BCUT2D eigenvalue weighted by Gasteiger charge is 2.31. The standard InChI is InChI=1S/C14H7BrN4O6/c15-6-2-1-5(24-6)9-7-4(3-16)18-10(11(20)8(17)14(22)23)12(21)13(7)25-19-9/h1-2,8,21H,17H2,(H,22,23). The fraction of sp³-hybridized carbons (Fsp3) is 0.0714. The Morgan fingerprint density at radius 1 is 1.40 bits per heavy atom. The van der Waals surface area contributed by atoms with E-state index >= 15 is 0 Å². The zero-order chi connectivity index (χ0) is 18.3. The van der Waals surface area contributed by atoms with Gasteiger partial charge in [0.1, 0.15) is 6.07 Å². The van der Waals surface area contributed by atoms with E-state index in [1.165, 1.54) is 0 Å². The highest BCUT2D eigenvalue weighted by Crippen LogP contribution is 2.37. The summed E-state index contributed by atoms with van der Waals surface area (Å²) in [5.74, 6) is -3.32. The lowest BCUT2D eigenvalue weighted by atomic mass is 10.1. The predicted octanol–water partition coefficient (Wildman–Crippen LogP) is 1.42. The molecule has 126 valence electrons. The summed E-state index contributed by atoms with van der Waals surface area (Å²) in [7, 11) is 0. The summed E-state index contributed by atoms with van der Waals surface area (Å²) in [6.45, 7) is 0. The molecule has 4 N–H and O–H groups in total. The minimum Gasteiger partial charge on any atom is -0.503 e. The van der Waals surface area contributed by atoms with Crippen molar-refractivity contribution in [1.29, 1.82) is 5.26 Å². The molecule has 0 amide bonds. The van der Waals surface area contributed by atoms with Gasteiger partial charge < -0.3 is 24.9 Å². The van der Waals surface area contributed by atoms with E-state index in [0.717, 1.165) is 0 Å². The van der Waals surface area contributed by atoms with Crippen LogP contribution in [0.25, 0.3) is 22.4 Å². The zero-order valence-corrected chi connectivity index (χ0v) is 13.6. The number of carbonyl (C=O) groups excluding carboxylic acids is 1. The number of nitrogens with two attached hydrogens (primary N) is 1. The van der Waals surface area contributed by atoms with Crippen molar-refractivity contribution < 1.29 is 28.7 Å². The van der Waals surface area contributed by atoms with Gasteiger partial charge in [-0.05, 0) is 28.1 Å². The summed E-state index contributed by atoms with van der Waals surface area (Å²) < 4.78 is 10.7. The Morgan fingerprint density at radius 3 is 2.68 bits per heavy atom. The maximum absolute atomic E-state index is 12.1. The van der Waals surface area contributed by atoms with Gasteiger partial charge in [-0.25, -0.2) is 4.98 Å². The largest absolute Gasteiger partial charge is 0.503 e. The number of aliphatic carboxylic acids is 1. The van der Waals surface area contributed by atoms with Crippen molar-refractivity contribution in [3.8, 4) is 23.3 Å². The normalized spacial score (nSPS) is 12.0. The lowest BCUT2D eigenvalue weighted by molar-refractivity contribution is -0.137. The number of carboxylic acids is 1. The van der Waals surface area contributed by atoms with Crippen LogP contribution >= 0.6 is 15.9 Å². The molecule has 1 unspecified atom stereocenters. The Labute approximate surface area is 146 Å². The van der Waals surface area contributed by atoms with Gasteiger partial charge in [0, 0.05) is 0 Å². The van der Waals surface area contributed by atoms with Crippen LogP contribution in [-0.2, 0) is 4.79 Å². The SMILES string of the molecule is N#Cc1nc(C(=O)C(N)C(=O)O)c(O)c2onc(-c3ccc(Br)o3)c12. The van der Waals surface area contributed by atoms with Crippen molar-refractivity contribution in [3.05, 3.63) is 28.2 Å². The third-order valence-electron chi connectivity index (χ3n) is 3.29. The number of aromatic nitrogens is 2. The predicted molar refractivity (Wildman–Crippen MR) is 83.5 cm³/mol. The summed E-state index contributed by atoms with van der Waals surface area (Å²) in [5.41, 5.74) is 4.02. The molecule has 0 aliphatic heterocycles. The van der Waals surface area contributed by atoms with E-state index in [-0.39, 0.29) is 28.1 Å². The first-order valence-corrected chi connectivity index (χ1v) is 7.35. The van der Waals surface area contributed by atoms with Crippen LogP contribution in [0.1, 0.15) is 16.2 Å². The van der Waals surface area contributed by atoms with Gasteiger partial charge >= 0.3 is 5.97 Å². The molecule has 10 nitrogen and oxygen atoms in total. The van der Waals surface area contributed by atoms with Crippen LogP contribution < -0.4 is 5.73 Å². The molecule has 1 atom stereocenters. The fourth-order valence-corrected chi connectivity index (χ4v) is 2.43. The van der Waals surface area contributed by atoms with Gasteiger partial charge in [-0.1, -0.05) is 5.16 Å². The Morgan fingerprint density at radius 2 is 2.12 bits per heavy atom. The number of ketones is 1. The number of Topliss-reactive ketones (excluding diaryl/α,β-unsaturated/α-hetero) is 1. The first kappa shape index (κ1) is 16.6. The minimum atomic E-state index is -1.95. The second-order valence-corrected chi connectivity index (χ2v) is 5.57. The van der Waals surface area contributed by atoms with E-state index in [2.05, 4.69) is 26.1 Å². The molecule has 0 spiro atoms. The highest BCUT2D eigenvalue weighted by molar-refractivity contribution is 9.10. The number of rotatable bonds is 4. The van der Waals surface area contributed by atoms with Gasteiger partial charge in [0.25, 0.3) is 0 Å². The monoisotopic (exact) mass is 406 g/mol. The maximum Gasteiger partial charge on any atom is 0.328 e. The Balaban J connectivity index is 2.26. The van der Waals surface area contributed by atoms with Crippen molar-refractivity contribution in [1.82, 2.24) is 10.1 Å². The van der Waals surface area contributed by atoms with Crippen LogP contribution in [0.3, 0.4) is 0 Å².